The van der Waals surface area contributed by atoms with Gasteiger partial charge in [-0.25, -0.2) is 4.98 Å². The van der Waals surface area contributed by atoms with Gasteiger partial charge in [-0.15, -0.1) is 0 Å². The standard InChI is InChI=1S/C13H21N3O/c1-9-4-10(2)11(3)16(7-9)13-6-14-12(8-17)5-15-13/h5-6,9-11,17H,4,7-8H2,1-3H3. The lowest BCUT2D eigenvalue weighted by Crippen LogP contribution is -2.46. The van der Waals surface area contributed by atoms with Gasteiger partial charge < -0.3 is 10.0 Å². The Kier molecular flexibility index (Phi) is 3.62. The molecule has 1 saturated heterocycles. The van der Waals surface area contributed by atoms with Crippen molar-refractivity contribution in [2.24, 2.45) is 11.8 Å². The summed E-state index contributed by atoms with van der Waals surface area (Å²) in [6.45, 7) is 7.82. The van der Waals surface area contributed by atoms with Gasteiger partial charge in [0.1, 0.15) is 5.82 Å². The Bertz CT molecular complexity index is 365. The van der Waals surface area contributed by atoms with E-state index in [2.05, 4.69) is 35.6 Å². The number of hydrogen-bond donors (Lipinski definition) is 1. The third-order valence-corrected chi connectivity index (χ3v) is 3.75. The van der Waals surface area contributed by atoms with Gasteiger partial charge in [-0.1, -0.05) is 13.8 Å². The third-order valence-electron chi connectivity index (χ3n) is 3.75. The van der Waals surface area contributed by atoms with E-state index in [1.807, 2.05) is 0 Å². The van der Waals surface area contributed by atoms with Crippen molar-refractivity contribution in [2.75, 3.05) is 11.4 Å². The van der Waals surface area contributed by atoms with Crippen LogP contribution in [0.5, 0.6) is 0 Å². The van der Waals surface area contributed by atoms with Gasteiger partial charge in [-0.3, -0.25) is 4.98 Å². The van der Waals surface area contributed by atoms with E-state index in [9.17, 15) is 0 Å². The number of aliphatic hydroxyl groups excluding tert-OH is 1. The lowest BCUT2D eigenvalue weighted by Gasteiger charge is -2.41. The molecule has 1 N–H and O–H groups in total. The zero-order valence-corrected chi connectivity index (χ0v) is 10.8. The summed E-state index contributed by atoms with van der Waals surface area (Å²) in [5.41, 5.74) is 0.625. The topological polar surface area (TPSA) is 49.2 Å². The first kappa shape index (κ1) is 12.3. The summed E-state index contributed by atoms with van der Waals surface area (Å²) in [6.07, 6.45) is 4.71. The highest BCUT2D eigenvalue weighted by Gasteiger charge is 2.29. The summed E-state index contributed by atoms with van der Waals surface area (Å²) in [5, 5.41) is 8.96. The summed E-state index contributed by atoms with van der Waals surface area (Å²) in [6, 6.07) is 0.500. The molecule has 1 aromatic rings. The van der Waals surface area contributed by atoms with Crippen LogP contribution in [0.1, 0.15) is 32.9 Å². The highest BCUT2D eigenvalue weighted by atomic mass is 16.3. The molecule has 2 rings (SSSR count). The number of rotatable bonds is 2. The molecule has 0 bridgehead atoms. The molecule has 1 aliphatic heterocycles. The Morgan fingerprint density at radius 3 is 2.65 bits per heavy atom. The van der Waals surface area contributed by atoms with Crippen molar-refractivity contribution in [2.45, 2.75) is 39.8 Å². The summed E-state index contributed by atoms with van der Waals surface area (Å²) in [4.78, 5) is 10.9. The number of hydrogen-bond acceptors (Lipinski definition) is 4. The molecule has 1 aliphatic rings. The van der Waals surface area contributed by atoms with Crippen LogP contribution in [0.15, 0.2) is 12.4 Å². The highest BCUT2D eigenvalue weighted by Crippen LogP contribution is 2.29. The molecule has 1 fully saturated rings. The smallest absolute Gasteiger partial charge is 0.147 e. The summed E-state index contributed by atoms with van der Waals surface area (Å²) >= 11 is 0. The fourth-order valence-electron chi connectivity index (χ4n) is 2.60. The molecule has 3 atom stereocenters. The van der Waals surface area contributed by atoms with Crippen LogP contribution in [0, 0.1) is 11.8 Å². The van der Waals surface area contributed by atoms with Crippen molar-refractivity contribution < 1.29 is 5.11 Å². The zero-order valence-electron chi connectivity index (χ0n) is 10.8. The molecule has 0 aromatic carbocycles. The number of aromatic nitrogens is 2. The lowest BCUT2D eigenvalue weighted by atomic mass is 9.86. The minimum atomic E-state index is -0.0460. The van der Waals surface area contributed by atoms with E-state index in [1.54, 1.807) is 12.4 Å². The molecule has 0 aliphatic carbocycles. The molecule has 17 heavy (non-hydrogen) atoms. The molecule has 2 heterocycles. The second-order valence-electron chi connectivity index (χ2n) is 5.24. The van der Waals surface area contributed by atoms with Gasteiger partial charge in [0.2, 0.25) is 0 Å². The summed E-state index contributed by atoms with van der Waals surface area (Å²) in [5.74, 6) is 2.30. The van der Waals surface area contributed by atoms with E-state index < -0.39 is 0 Å². The van der Waals surface area contributed by atoms with Gasteiger partial charge in [0.05, 0.1) is 24.7 Å². The lowest BCUT2D eigenvalue weighted by molar-refractivity contribution is 0.275. The van der Waals surface area contributed by atoms with Crippen molar-refractivity contribution in [1.29, 1.82) is 0 Å². The first-order valence-electron chi connectivity index (χ1n) is 6.30. The van der Waals surface area contributed by atoms with E-state index in [0.717, 1.165) is 12.4 Å². The minimum absolute atomic E-state index is 0.0460. The molecule has 0 spiro atoms. The Hall–Kier alpha value is -1.16. The quantitative estimate of drug-likeness (QED) is 0.849. The fraction of sp³-hybridized carbons (Fsp3) is 0.692. The first-order chi connectivity index (χ1) is 8.11. The van der Waals surface area contributed by atoms with E-state index in [-0.39, 0.29) is 6.61 Å². The first-order valence-corrected chi connectivity index (χ1v) is 6.30. The highest BCUT2D eigenvalue weighted by molar-refractivity contribution is 5.38. The third kappa shape index (κ3) is 2.57. The van der Waals surface area contributed by atoms with Gasteiger partial charge in [-0.2, -0.15) is 0 Å². The van der Waals surface area contributed by atoms with Crippen molar-refractivity contribution in [3.63, 3.8) is 0 Å². The molecular formula is C13H21N3O. The number of anilines is 1. The molecular weight excluding hydrogens is 214 g/mol. The van der Waals surface area contributed by atoms with Crippen LogP contribution >= 0.6 is 0 Å². The molecule has 0 amide bonds. The van der Waals surface area contributed by atoms with E-state index in [4.69, 9.17) is 5.11 Å². The average molecular weight is 235 g/mol. The molecule has 3 unspecified atom stereocenters. The van der Waals surface area contributed by atoms with Crippen LogP contribution < -0.4 is 4.90 Å². The van der Waals surface area contributed by atoms with Crippen LogP contribution in [0.4, 0.5) is 5.82 Å². The molecule has 4 heteroatoms. The van der Waals surface area contributed by atoms with Gasteiger partial charge in [0.25, 0.3) is 0 Å². The van der Waals surface area contributed by atoms with Gasteiger partial charge in [0.15, 0.2) is 0 Å². The Labute approximate surface area is 103 Å². The molecule has 94 valence electrons. The van der Waals surface area contributed by atoms with E-state index in [0.29, 0.717) is 23.6 Å². The zero-order chi connectivity index (χ0) is 12.4. The van der Waals surface area contributed by atoms with Crippen molar-refractivity contribution >= 4 is 5.82 Å². The maximum Gasteiger partial charge on any atom is 0.147 e. The predicted molar refractivity (Wildman–Crippen MR) is 67.7 cm³/mol. The molecule has 0 radical (unpaired) electrons. The number of nitrogens with zero attached hydrogens (tertiary/aromatic N) is 3. The summed E-state index contributed by atoms with van der Waals surface area (Å²) < 4.78 is 0. The van der Waals surface area contributed by atoms with Crippen LogP contribution in [-0.4, -0.2) is 27.7 Å². The van der Waals surface area contributed by atoms with Gasteiger partial charge in [0, 0.05) is 12.6 Å². The van der Waals surface area contributed by atoms with Gasteiger partial charge >= 0.3 is 0 Å². The molecule has 1 aromatic heterocycles. The Balaban J connectivity index is 2.19. The van der Waals surface area contributed by atoms with Gasteiger partial charge in [-0.05, 0) is 25.2 Å². The normalized spacial score (nSPS) is 29.4. The predicted octanol–water partition coefficient (Wildman–Crippen LogP) is 1.84. The fourth-order valence-corrected chi connectivity index (χ4v) is 2.60. The monoisotopic (exact) mass is 235 g/mol. The molecule has 0 saturated carbocycles. The van der Waals surface area contributed by atoms with Crippen molar-refractivity contribution in [3.05, 3.63) is 18.1 Å². The number of piperidine rings is 1. The second-order valence-corrected chi connectivity index (χ2v) is 5.24. The largest absolute Gasteiger partial charge is 0.390 e. The second kappa shape index (κ2) is 5.00. The average Bonchev–Trinajstić information content (AvgIpc) is 2.34. The van der Waals surface area contributed by atoms with Crippen LogP contribution in [0.3, 0.4) is 0 Å². The SMILES string of the molecule is CC1CC(C)C(C)N(c2cnc(CO)cn2)C1. The van der Waals surface area contributed by atoms with E-state index in [1.165, 1.54) is 6.42 Å². The van der Waals surface area contributed by atoms with Crippen LogP contribution in [-0.2, 0) is 6.61 Å². The van der Waals surface area contributed by atoms with Crippen LogP contribution in [0.25, 0.3) is 0 Å². The van der Waals surface area contributed by atoms with E-state index >= 15 is 0 Å². The number of aliphatic hydroxyl groups is 1. The maximum atomic E-state index is 8.96. The van der Waals surface area contributed by atoms with Crippen molar-refractivity contribution in [1.82, 2.24) is 9.97 Å². The molecule has 4 nitrogen and oxygen atoms in total. The van der Waals surface area contributed by atoms with Crippen LogP contribution in [0.2, 0.25) is 0 Å². The Morgan fingerprint density at radius 1 is 1.29 bits per heavy atom. The maximum absolute atomic E-state index is 8.96. The van der Waals surface area contributed by atoms with Crippen molar-refractivity contribution in [3.8, 4) is 0 Å². The summed E-state index contributed by atoms with van der Waals surface area (Å²) in [7, 11) is 0. The minimum Gasteiger partial charge on any atom is -0.390 e. The Morgan fingerprint density at radius 2 is 2.06 bits per heavy atom.